The first-order valence-corrected chi connectivity index (χ1v) is 6.19. The third kappa shape index (κ3) is 2.89. The van der Waals surface area contributed by atoms with Gasteiger partial charge in [-0.15, -0.1) is 0 Å². The first-order chi connectivity index (χ1) is 7.66. The van der Waals surface area contributed by atoms with E-state index in [9.17, 15) is 0 Å². The van der Waals surface area contributed by atoms with Crippen LogP contribution in [0.3, 0.4) is 0 Å². The van der Waals surface area contributed by atoms with Crippen molar-refractivity contribution in [2.45, 2.75) is 18.9 Å². The molecule has 1 heterocycles. The Kier molecular flexibility index (Phi) is 4.09. The minimum Gasteiger partial charge on any atom is -0.381 e. The predicted octanol–water partition coefficient (Wildman–Crippen LogP) is 2.90. The summed E-state index contributed by atoms with van der Waals surface area (Å²) in [5.41, 5.74) is 7.11. The van der Waals surface area contributed by atoms with E-state index in [4.69, 9.17) is 33.7 Å². The summed E-state index contributed by atoms with van der Waals surface area (Å²) in [5.74, 6) is 0.338. The normalized spacial score (nSPS) is 25.7. The van der Waals surface area contributed by atoms with Crippen LogP contribution in [-0.4, -0.2) is 19.3 Å². The summed E-state index contributed by atoms with van der Waals surface area (Å²) in [6.45, 7) is 1.48. The molecule has 2 rings (SSSR count). The highest BCUT2D eigenvalue weighted by Gasteiger charge is 2.23. The number of hydrogen-bond donors (Lipinski definition) is 1. The molecule has 2 nitrogen and oxygen atoms in total. The maximum absolute atomic E-state index is 6.12. The summed E-state index contributed by atoms with van der Waals surface area (Å²) >= 11 is 12.1. The first kappa shape index (κ1) is 12.2. The van der Waals surface area contributed by atoms with Crippen molar-refractivity contribution in [1.29, 1.82) is 0 Å². The molecule has 1 fully saturated rings. The molecule has 4 heteroatoms. The van der Waals surface area contributed by atoms with Gasteiger partial charge in [-0.1, -0.05) is 23.2 Å². The van der Waals surface area contributed by atoms with Gasteiger partial charge in [0.15, 0.2) is 0 Å². The second kappa shape index (κ2) is 5.37. The second-order valence-corrected chi connectivity index (χ2v) is 5.07. The average molecular weight is 260 g/mol. The monoisotopic (exact) mass is 259 g/mol. The highest BCUT2D eigenvalue weighted by atomic mass is 35.5. The van der Waals surface area contributed by atoms with Crippen molar-refractivity contribution in [3.8, 4) is 0 Å². The van der Waals surface area contributed by atoms with Crippen LogP contribution in [0.25, 0.3) is 0 Å². The van der Waals surface area contributed by atoms with Gasteiger partial charge in [0, 0.05) is 28.6 Å². The number of ether oxygens (including phenoxy) is 1. The molecule has 1 saturated heterocycles. The number of hydrogen-bond acceptors (Lipinski definition) is 2. The molecule has 0 bridgehead atoms. The van der Waals surface area contributed by atoms with Crippen LogP contribution >= 0.6 is 23.2 Å². The van der Waals surface area contributed by atoms with Crippen LogP contribution in [0.5, 0.6) is 0 Å². The first-order valence-electron chi connectivity index (χ1n) is 5.44. The second-order valence-electron chi connectivity index (χ2n) is 4.23. The van der Waals surface area contributed by atoms with Crippen molar-refractivity contribution in [2.24, 2.45) is 11.7 Å². The lowest BCUT2D eigenvalue weighted by atomic mass is 9.90. The van der Waals surface area contributed by atoms with Crippen molar-refractivity contribution in [2.75, 3.05) is 13.2 Å². The van der Waals surface area contributed by atoms with E-state index in [1.807, 2.05) is 12.1 Å². The molecular formula is C12H15Cl2NO. The van der Waals surface area contributed by atoms with Crippen LogP contribution in [0.15, 0.2) is 18.2 Å². The largest absolute Gasteiger partial charge is 0.381 e. The Bertz CT molecular complexity index is 370. The topological polar surface area (TPSA) is 35.2 Å². The van der Waals surface area contributed by atoms with Gasteiger partial charge in [-0.2, -0.15) is 0 Å². The third-order valence-corrected chi connectivity index (χ3v) is 3.63. The van der Waals surface area contributed by atoms with Gasteiger partial charge in [-0.25, -0.2) is 0 Å². The molecule has 1 aliphatic rings. The van der Waals surface area contributed by atoms with Crippen LogP contribution in [-0.2, 0) is 11.2 Å². The smallest absolute Gasteiger partial charge is 0.0512 e. The van der Waals surface area contributed by atoms with E-state index in [2.05, 4.69) is 0 Å². The lowest BCUT2D eigenvalue weighted by Crippen LogP contribution is -2.39. The molecule has 1 aromatic carbocycles. The fourth-order valence-corrected chi connectivity index (χ4v) is 2.40. The van der Waals surface area contributed by atoms with E-state index in [-0.39, 0.29) is 6.04 Å². The zero-order valence-electron chi connectivity index (χ0n) is 8.96. The summed E-state index contributed by atoms with van der Waals surface area (Å²) in [6, 6.07) is 5.73. The van der Waals surface area contributed by atoms with E-state index in [1.54, 1.807) is 6.07 Å². The van der Waals surface area contributed by atoms with E-state index < -0.39 is 0 Å². The van der Waals surface area contributed by atoms with Gasteiger partial charge in [-0.05, 0) is 36.6 Å². The molecule has 0 aliphatic carbocycles. The zero-order chi connectivity index (χ0) is 11.5. The van der Waals surface area contributed by atoms with Gasteiger partial charge in [0.2, 0.25) is 0 Å². The number of halogens is 2. The molecule has 0 unspecified atom stereocenters. The maximum atomic E-state index is 6.12. The summed E-state index contributed by atoms with van der Waals surface area (Å²) in [7, 11) is 0. The van der Waals surface area contributed by atoms with Crippen molar-refractivity contribution in [3.05, 3.63) is 33.8 Å². The molecule has 1 aromatic rings. The molecule has 88 valence electrons. The number of nitrogens with two attached hydrogens (primary N) is 1. The lowest BCUT2D eigenvalue weighted by molar-refractivity contribution is 0.0422. The third-order valence-electron chi connectivity index (χ3n) is 3.02. The molecule has 0 aromatic heterocycles. The van der Waals surface area contributed by atoms with Gasteiger partial charge in [0.05, 0.1) is 6.61 Å². The van der Waals surface area contributed by atoms with Crippen molar-refractivity contribution in [1.82, 2.24) is 0 Å². The molecule has 16 heavy (non-hydrogen) atoms. The van der Waals surface area contributed by atoms with Gasteiger partial charge in [0.25, 0.3) is 0 Å². The van der Waals surface area contributed by atoms with Crippen LogP contribution in [0.2, 0.25) is 10.0 Å². The quantitative estimate of drug-likeness (QED) is 0.887. The molecule has 0 saturated carbocycles. The summed E-state index contributed by atoms with van der Waals surface area (Å²) in [6.07, 6.45) is 1.75. The molecule has 2 N–H and O–H groups in total. The summed E-state index contributed by atoms with van der Waals surface area (Å²) in [5, 5.41) is 1.46. The van der Waals surface area contributed by atoms with E-state index in [0.717, 1.165) is 30.0 Å². The van der Waals surface area contributed by atoms with Gasteiger partial charge >= 0.3 is 0 Å². The molecule has 0 amide bonds. The Balaban J connectivity index is 2.10. The van der Waals surface area contributed by atoms with Gasteiger partial charge < -0.3 is 10.5 Å². The number of benzene rings is 1. The Morgan fingerprint density at radius 1 is 1.38 bits per heavy atom. The van der Waals surface area contributed by atoms with E-state index >= 15 is 0 Å². The summed E-state index contributed by atoms with van der Waals surface area (Å²) < 4.78 is 5.44. The van der Waals surface area contributed by atoms with E-state index in [1.165, 1.54) is 0 Å². The van der Waals surface area contributed by atoms with Crippen LogP contribution in [0.4, 0.5) is 0 Å². The van der Waals surface area contributed by atoms with Gasteiger partial charge in [-0.3, -0.25) is 0 Å². The zero-order valence-corrected chi connectivity index (χ0v) is 10.5. The van der Waals surface area contributed by atoms with Crippen molar-refractivity contribution >= 4 is 23.2 Å². The fraction of sp³-hybridized carbons (Fsp3) is 0.500. The highest BCUT2D eigenvalue weighted by Crippen LogP contribution is 2.25. The van der Waals surface area contributed by atoms with Gasteiger partial charge in [0.1, 0.15) is 0 Å². The summed E-state index contributed by atoms with van der Waals surface area (Å²) in [4.78, 5) is 0. The minimum absolute atomic E-state index is 0.198. The predicted molar refractivity (Wildman–Crippen MR) is 67.1 cm³/mol. The van der Waals surface area contributed by atoms with Crippen LogP contribution < -0.4 is 5.73 Å². The molecule has 2 atom stereocenters. The van der Waals surface area contributed by atoms with Crippen LogP contribution in [0.1, 0.15) is 12.0 Å². The molecule has 0 radical (unpaired) electrons. The van der Waals surface area contributed by atoms with Crippen molar-refractivity contribution < 1.29 is 4.74 Å². The minimum atomic E-state index is 0.198. The van der Waals surface area contributed by atoms with Crippen molar-refractivity contribution in [3.63, 3.8) is 0 Å². The maximum Gasteiger partial charge on any atom is 0.0512 e. The van der Waals surface area contributed by atoms with E-state index in [0.29, 0.717) is 17.5 Å². The Labute approximate surface area is 106 Å². The average Bonchev–Trinajstić information content (AvgIpc) is 2.27. The standard InChI is InChI=1S/C12H15Cl2NO/c13-10-1-2-11(14)8(6-10)5-9-7-16-4-3-12(9)15/h1-2,6,9,12H,3-5,7,15H2/t9-,12+/m0/s1. The molecule has 1 aliphatic heterocycles. The SMILES string of the molecule is N[C@@H]1CCOC[C@@H]1Cc1cc(Cl)ccc1Cl. The lowest BCUT2D eigenvalue weighted by Gasteiger charge is -2.29. The molecule has 0 spiro atoms. The number of rotatable bonds is 2. The fourth-order valence-electron chi connectivity index (χ4n) is 2.01. The Morgan fingerprint density at radius 2 is 2.19 bits per heavy atom. The molecular weight excluding hydrogens is 245 g/mol. The highest BCUT2D eigenvalue weighted by molar-refractivity contribution is 6.33. The Morgan fingerprint density at radius 3 is 2.94 bits per heavy atom. The Hall–Kier alpha value is -0.280. The van der Waals surface area contributed by atoms with Crippen LogP contribution in [0, 0.1) is 5.92 Å².